The summed E-state index contributed by atoms with van der Waals surface area (Å²) in [4.78, 5) is 1.21. The molecular weight excluding hydrogens is 194 g/mol. The lowest BCUT2D eigenvalue weighted by atomic mass is 10.3. The normalized spacial score (nSPS) is 9.86. The van der Waals surface area contributed by atoms with Crippen LogP contribution >= 0.6 is 11.8 Å². The van der Waals surface area contributed by atoms with Crippen molar-refractivity contribution >= 4 is 11.8 Å². The molecule has 0 aliphatic heterocycles. The van der Waals surface area contributed by atoms with Crippen molar-refractivity contribution in [2.45, 2.75) is 4.90 Å². The van der Waals surface area contributed by atoms with E-state index in [0.717, 1.165) is 17.1 Å². The second-order valence-electron chi connectivity index (χ2n) is 2.92. The van der Waals surface area contributed by atoms with Crippen LogP contribution in [0.3, 0.4) is 0 Å². The number of ether oxygens (including phenoxy) is 1. The van der Waals surface area contributed by atoms with Crippen LogP contribution in [0.25, 0.3) is 0 Å². The molecule has 0 amide bonds. The first kappa shape index (κ1) is 11.1. The SMILES string of the molecule is C=C(CN)CSc1ccc(OC)cc1. The monoisotopic (exact) mass is 209 g/mol. The maximum absolute atomic E-state index is 5.45. The predicted octanol–water partition coefficient (Wildman–Crippen LogP) is 2.30. The van der Waals surface area contributed by atoms with Crippen molar-refractivity contribution in [2.75, 3.05) is 19.4 Å². The molecule has 2 nitrogen and oxygen atoms in total. The van der Waals surface area contributed by atoms with Gasteiger partial charge in [-0.05, 0) is 24.3 Å². The number of thioether (sulfide) groups is 1. The van der Waals surface area contributed by atoms with Gasteiger partial charge in [0, 0.05) is 17.2 Å². The molecule has 0 radical (unpaired) electrons. The number of rotatable bonds is 5. The lowest BCUT2D eigenvalue weighted by Gasteiger charge is -2.04. The molecule has 0 unspecified atom stereocenters. The molecule has 76 valence electrons. The predicted molar refractivity (Wildman–Crippen MR) is 61.9 cm³/mol. The molecule has 0 saturated carbocycles. The Balaban J connectivity index is 2.47. The third-order valence-electron chi connectivity index (χ3n) is 1.79. The van der Waals surface area contributed by atoms with Crippen LogP contribution in [0.5, 0.6) is 5.75 Å². The van der Waals surface area contributed by atoms with E-state index in [1.54, 1.807) is 18.9 Å². The molecule has 0 saturated heterocycles. The molecule has 0 atom stereocenters. The zero-order chi connectivity index (χ0) is 10.4. The summed E-state index contributed by atoms with van der Waals surface area (Å²) in [6, 6.07) is 7.97. The molecule has 0 heterocycles. The summed E-state index contributed by atoms with van der Waals surface area (Å²) in [6.45, 7) is 4.41. The van der Waals surface area contributed by atoms with Gasteiger partial charge < -0.3 is 10.5 Å². The highest BCUT2D eigenvalue weighted by atomic mass is 32.2. The van der Waals surface area contributed by atoms with Crippen LogP contribution in [-0.4, -0.2) is 19.4 Å². The molecule has 0 spiro atoms. The van der Waals surface area contributed by atoms with Gasteiger partial charge in [0.15, 0.2) is 0 Å². The summed E-state index contributed by atoms with van der Waals surface area (Å²) in [5.41, 5.74) is 6.51. The summed E-state index contributed by atoms with van der Waals surface area (Å²) in [7, 11) is 1.67. The van der Waals surface area contributed by atoms with Gasteiger partial charge in [-0.15, -0.1) is 11.8 Å². The molecule has 1 rings (SSSR count). The van der Waals surface area contributed by atoms with E-state index in [2.05, 4.69) is 6.58 Å². The van der Waals surface area contributed by atoms with Crippen molar-refractivity contribution in [3.8, 4) is 5.75 Å². The van der Waals surface area contributed by atoms with Crippen molar-refractivity contribution in [3.63, 3.8) is 0 Å². The van der Waals surface area contributed by atoms with E-state index in [9.17, 15) is 0 Å². The first-order valence-corrected chi connectivity index (χ1v) is 5.38. The maximum atomic E-state index is 5.45. The Morgan fingerprint density at radius 3 is 2.57 bits per heavy atom. The fraction of sp³-hybridized carbons (Fsp3) is 0.273. The summed E-state index contributed by atoms with van der Waals surface area (Å²) in [6.07, 6.45) is 0. The van der Waals surface area contributed by atoms with Crippen LogP contribution < -0.4 is 10.5 Å². The van der Waals surface area contributed by atoms with Crippen molar-refractivity contribution < 1.29 is 4.74 Å². The minimum atomic E-state index is 0.559. The topological polar surface area (TPSA) is 35.2 Å². The quantitative estimate of drug-likeness (QED) is 0.597. The number of benzene rings is 1. The minimum absolute atomic E-state index is 0.559. The molecule has 1 aromatic rings. The molecule has 3 heteroatoms. The van der Waals surface area contributed by atoms with Crippen molar-refractivity contribution in [2.24, 2.45) is 5.73 Å². The minimum Gasteiger partial charge on any atom is -0.497 e. The summed E-state index contributed by atoms with van der Waals surface area (Å²) in [5, 5.41) is 0. The zero-order valence-electron chi connectivity index (χ0n) is 8.32. The molecule has 0 fully saturated rings. The molecule has 1 aromatic carbocycles. The van der Waals surface area contributed by atoms with E-state index in [-0.39, 0.29) is 0 Å². The number of hydrogen-bond donors (Lipinski definition) is 1. The van der Waals surface area contributed by atoms with Gasteiger partial charge in [0.1, 0.15) is 5.75 Å². The van der Waals surface area contributed by atoms with E-state index < -0.39 is 0 Å². The Labute approximate surface area is 89.1 Å². The fourth-order valence-corrected chi connectivity index (χ4v) is 1.73. The first-order valence-electron chi connectivity index (χ1n) is 4.40. The van der Waals surface area contributed by atoms with Crippen LogP contribution in [0.2, 0.25) is 0 Å². The lowest BCUT2D eigenvalue weighted by Crippen LogP contribution is -2.03. The average Bonchev–Trinajstić information content (AvgIpc) is 2.26. The lowest BCUT2D eigenvalue weighted by molar-refractivity contribution is 0.414. The van der Waals surface area contributed by atoms with Gasteiger partial charge in [-0.1, -0.05) is 12.2 Å². The Morgan fingerprint density at radius 1 is 1.43 bits per heavy atom. The van der Waals surface area contributed by atoms with Gasteiger partial charge in [-0.2, -0.15) is 0 Å². The van der Waals surface area contributed by atoms with Crippen molar-refractivity contribution in [3.05, 3.63) is 36.4 Å². The highest BCUT2D eigenvalue weighted by molar-refractivity contribution is 7.99. The molecule has 14 heavy (non-hydrogen) atoms. The van der Waals surface area contributed by atoms with Crippen LogP contribution in [0, 0.1) is 0 Å². The van der Waals surface area contributed by atoms with Crippen molar-refractivity contribution in [1.82, 2.24) is 0 Å². The first-order chi connectivity index (χ1) is 6.76. The van der Waals surface area contributed by atoms with Gasteiger partial charge in [-0.3, -0.25) is 0 Å². The van der Waals surface area contributed by atoms with Gasteiger partial charge in [0.25, 0.3) is 0 Å². The molecule has 0 aliphatic carbocycles. The van der Waals surface area contributed by atoms with E-state index >= 15 is 0 Å². The summed E-state index contributed by atoms with van der Waals surface area (Å²) >= 11 is 1.74. The summed E-state index contributed by atoms with van der Waals surface area (Å²) in [5.74, 6) is 1.76. The van der Waals surface area contributed by atoms with Gasteiger partial charge in [0.2, 0.25) is 0 Å². The highest BCUT2D eigenvalue weighted by Crippen LogP contribution is 2.22. The van der Waals surface area contributed by atoms with Crippen LogP contribution in [0.4, 0.5) is 0 Å². The second-order valence-corrected chi connectivity index (χ2v) is 3.97. The highest BCUT2D eigenvalue weighted by Gasteiger charge is 1.96. The van der Waals surface area contributed by atoms with Gasteiger partial charge in [0.05, 0.1) is 7.11 Å². The number of methoxy groups -OCH3 is 1. The second kappa shape index (κ2) is 5.73. The van der Waals surface area contributed by atoms with E-state index in [1.807, 2.05) is 24.3 Å². The molecular formula is C11H15NOS. The molecule has 2 N–H and O–H groups in total. The maximum Gasteiger partial charge on any atom is 0.118 e. The largest absolute Gasteiger partial charge is 0.497 e. The number of hydrogen-bond acceptors (Lipinski definition) is 3. The van der Waals surface area contributed by atoms with Crippen LogP contribution in [-0.2, 0) is 0 Å². The zero-order valence-corrected chi connectivity index (χ0v) is 9.14. The average molecular weight is 209 g/mol. The van der Waals surface area contributed by atoms with Gasteiger partial charge >= 0.3 is 0 Å². The van der Waals surface area contributed by atoms with Crippen LogP contribution in [0.15, 0.2) is 41.3 Å². The van der Waals surface area contributed by atoms with E-state index in [4.69, 9.17) is 10.5 Å². The van der Waals surface area contributed by atoms with Crippen molar-refractivity contribution in [1.29, 1.82) is 0 Å². The molecule has 0 aliphatic rings. The third-order valence-corrected chi connectivity index (χ3v) is 2.95. The number of nitrogens with two attached hydrogens (primary N) is 1. The fourth-order valence-electron chi connectivity index (χ4n) is 0.916. The summed E-state index contributed by atoms with van der Waals surface area (Å²) < 4.78 is 5.07. The Hall–Kier alpha value is -0.930. The Bertz CT molecular complexity index is 295. The molecule has 0 bridgehead atoms. The third kappa shape index (κ3) is 3.44. The molecule has 0 aromatic heterocycles. The Kier molecular flexibility index (Phi) is 4.56. The van der Waals surface area contributed by atoms with Gasteiger partial charge in [-0.25, -0.2) is 0 Å². The van der Waals surface area contributed by atoms with E-state index in [0.29, 0.717) is 6.54 Å². The Morgan fingerprint density at radius 2 is 2.07 bits per heavy atom. The van der Waals surface area contributed by atoms with Crippen LogP contribution in [0.1, 0.15) is 0 Å². The smallest absolute Gasteiger partial charge is 0.118 e. The van der Waals surface area contributed by atoms with E-state index in [1.165, 1.54) is 4.90 Å². The standard InChI is InChI=1S/C11H15NOS/c1-9(7-12)8-14-11-5-3-10(13-2)4-6-11/h3-6H,1,7-8,12H2,2H3.